The van der Waals surface area contributed by atoms with Gasteiger partial charge in [-0.2, -0.15) is 0 Å². The van der Waals surface area contributed by atoms with Crippen molar-refractivity contribution in [2.24, 2.45) is 0 Å². The highest BCUT2D eigenvalue weighted by molar-refractivity contribution is 6.30. The molecular formula is C18H20ClNO2. The zero-order chi connectivity index (χ0) is 16.2. The van der Waals surface area contributed by atoms with E-state index in [-0.39, 0.29) is 12.3 Å². The summed E-state index contributed by atoms with van der Waals surface area (Å²) in [6.07, 6.45) is -0.523. The van der Waals surface area contributed by atoms with Crippen LogP contribution in [0.25, 0.3) is 0 Å². The fourth-order valence-electron chi connectivity index (χ4n) is 2.31. The average molecular weight is 318 g/mol. The number of halogens is 1. The molecule has 0 aromatic heterocycles. The topological polar surface area (TPSA) is 49.3 Å². The van der Waals surface area contributed by atoms with Gasteiger partial charge in [0.25, 0.3) is 0 Å². The van der Waals surface area contributed by atoms with E-state index >= 15 is 0 Å². The van der Waals surface area contributed by atoms with E-state index in [0.29, 0.717) is 5.02 Å². The number of aliphatic hydroxyl groups excluding tert-OH is 1. The largest absolute Gasteiger partial charge is 0.386 e. The molecule has 22 heavy (non-hydrogen) atoms. The molecule has 0 aliphatic heterocycles. The summed E-state index contributed by atoms with van der Waals surface area (Å²) in [7, 11) is 0. The molecule has 0 heterocycles. The molecule has 2 aromatic rings. The van der Waals surface area contributed by atoms with E-state index in [1.54, 1.807) is 12.1 Å². The van der Waals surface area contributed by atoms with Crippen molar-refractivity contribution in [1.82, 2.24) is 5.32 Å². The second-order valence-electron chi connectivity index (χ2n) is 5.89. The van der Waals surface area contributed by atoms with Gasteiger partial charge in [0.05, 0.1) is 12.0 Å². The summed E-state index contributed by atoms with van der Waals surface area (Å²) in [6.45, 7) is 3.62. The molecule has 2 aromatic carbocycles. The summed E-state index contributed by atoms with van der Waals surface area (Å²) in [5, 5.41) is 14.0. The van der Waals surface area contributed by atoms with Gasteiger partial charge in [0.15, 0.2) is 0 Å². The molecule has 0 saturated carbocycles. The normalized spacial score (nSPS) is 12.7. The third-order valence-electron chi connectivity index (χ3n) is 3.54. The number of carbonyl (C=O) groups excluding carboxylic acids is 1. The van der Waals surface area contributed by atoms with E-state index < -0.39 is 11.6 Å². The van der Waals surface area contributed by atoms with E-state index in [2.05, 4.69) is 5.32 Å². The molecular weight excluding hydrogens is 298 g/mol. The van der Waals surface area contributed by atoms with Gasteiger partial charge in [0.1, 0.15) is 6.10 Å². The van der Waals surface area contributed by atoms with Crippen molar-refractivity contribution in [1.29, 1.82) is 0 Å². The Morgan fingerprint density at radius 2 is 1.73 bits per heavy atom. The molecule has 0 aliphatic carbocycles. The molecule has 2 rings (SSSR count). The summed E-state index contributed by atoms with van der Waals surface area (Å²) >= 11 is 5.83. The molecule has 0 radical (unpaired) electrons. The van der Waals surface area contributed by atoms with Crippen LogP contribution >= 0.6 is 11.6 Å². The molecule has 4 heteroatoms. The molecule has 0 spiro atoms. The van der Waals surface area contributed by atoms with Crippen LogP contribution in [0, 0.1) is 0 Å². The van der Waals surface area contributed by atoms with Crippen molar-refractivity contribution in [3.63, 3.8) is 0 Å². The van der Waals surface area contributed by atoms with Crippen LogP contribution in [-0.2, 0) is 11.2 Å². The summed E-state index contributed by atoms with van der Waals surface area (Å²) in [5.74, 6) is -0.137. The first-order valence-electron chi connectivity index (χ1n) is 7.17. The fourth-order valence-corrected chi connectivity index (χ4v) is 2.44. The molecule has 1 amide bonds. The Balaban J connectivity index is 2.01. The maximum atomic E-state index is 12.2. The van der Waals surface area contributed by atoms with Crippen molar-refractivity contribution in [2.45, 2.75) is 31.9 Å². The first-order valence-corrected chi connectivity index (χ1v) is 7.55. The van der Waals surface area contributed by atoms with E-state index in [1.807, 2.05) is 56.3 Å². The Bertz CT molecular complexity index is 623. The van der Waals surface area contributed by atoms with E-state index in [9.17, 15) is 9.90 Å². The highest BCUT2D eigenvalue weighted by Crippen LogP contribution is 2.25. The highest BCUT2D eigenvalue weighted by Gasteiger charge is 2.30. The Morgan fingerprint density at radius 1 is 1.14 bits per heavy atom. The van der Waals surface area contributed by atoms with Crippen molar-refractivity contribution in [3.8, 4) is 0 Å². The van der Waals surface area contributed by atoms with Crippen LogP contribution < -0.4 is 5.32 Å². The Hall–Kier alpha value is -1.84. The standard InChI is InChI=1S/C18H20ClNO2/c1-18(2,17(22)14-6-4-3-5-7-14)20-16(21)12-13-8-10-15(19)11-9-13/h3-11,17,22H,12H2,1-2H3,(H,20,21). The average Bonchev–Trinajstić information content (AvgIpc) is 2.49. The highest BCUT2D eigenvalue weighted by atomic mass is 35.5. The molecule has 1 atom stereocenters. The quantitative estimate of drug-likeness (QED) is 0.886. The third-order valence-corrected chi connectivity index (χ3v) is 3.79. The van der Waals surface area contributed by atoms with Gasteiger partial charge in [-0.1, -0.05) is 54.1 Å². The van der Waals surface area contributed by atoms with Crippen LogP contribution in [0.5, 0.6) is 0 Å². The van der Waals surface area contributed by atoms with E-state index in [1.165, 1.54) is 0 Å². The van der Waals surface area contributed by atoms with Crippen molar-refractivity contribution < 1.29 is 9.90 Å². The Labute approximate surface area is 135 Å². The van der Waals surface area contributed by atoms with Gasteiger partial charge in [-0.15, -0.1) is 0 Å². The number of hydrogen-bond donors (Lipinski definition) is 2. The van der Waals surface area contributed by atoms with Gasteiger partial charge in [0.2, 0.25) is 5.91 Å². The number of nitrogens with one attached hydrogen (secondary N) is 1. The van der Waals surface area contributed by atoms with Gasteiger partial charge < -0.3 is 10.4 Å². The lowest BCUT2D eigenvalue weighted by Crippen LogP contribution is -2.48. The fraction of sp³-hybridized carbons (Fsp3) is 0.278. The number of carbonyl (C=O) groups is 1. The lowest BCUT2D eigenvalue weighted by molar-refractivity contribution is -0.123. The van der Waals surface area contributed by atoms with Gasteiger partial charge in [-0.25, -0.2) is 0 Å². The zero-order valence-corrected chi connectivity index (χ0v) is 13.5. The number of hydrogen-bond acceptors (Lipinski definition) is 2. The molecule has 0 saturated heterocycles. The van der Waals surface area contributed by atoms with E-state index in [4.69, 9.17) is 11.6 Å². The minimum absolute atomic E-state index is 0.137. The Kier molecular flexibility index (Phi) is 5.22. The minimum atomic E-state index is -0.775. The van der Waals surface area contributed by atoms with Gasteiger partial charge in [0, 0.05) is 5.02 Å². The van der Waals surface area contributed by atoms with E-state index in [0.717, 1.165) is 11.1 Å². The SMILES string of the molecule is CC(C)(NC(=O)Cc1ccc(Cl)cc1)C(O)c1ccccc1. The van der Waals surface area contributed by atoms with Crippen LogP contribution in [0.2, 0.25) is 5.02 Å². The number of aliphatic hydroxyl groups is 1. The third kappa shape index (κ3) is 4.33. The Morgan fingerprint density at radius 3 is 2.32 bits per heavy atom. The molecule has 0 fully saturated rings. The maximum Gasteiger partial charge on any atom is 0.224 e. The van der Waals surface area contributed by atoms with Crippen molar-refractivity contribution >= 4 is 17.5 Å². The molecule has 3 nitrogen and oxygen atoms in total. The predicted octanol–water partition coefficient (Wildman–Crippen LogP) is 3.51. The first-order chi connectivity index (χ1) is 10.4. The molecule has 2 N–H and O–H groups in total. The van der Waals surface area contributed by atoms with Crippen LogP contribution in [0.15, 0.2) is 54.6 Å². The second kappa shape index (κ2) is 6.95. The second-order valence-corrected chi connectivity index (χ2v) is 6.32. The van der Waals surface area contributed by atoms with Crippen LogP contribution in [-0.4, -0.2) is 16.6 Å². The first kappa shape index (κ1) is 16.5. The zero-order valence-electron chi connectivity index (χ0n) is 12.7. The lowest BCUT2D eigenvalue weighted by atomic mass is 9.91. The van der Waals surface area contributed by atoms with Gasteiger partial charge in [-0.3, -0.25) is 4.79 Å². The summed E-state index contributed by atoms with van der Waals surface area (Å²) in [5.41, 5.74) is 0.899. The van der Waals surface area contributed by atoms with Crippen molar-refractivity contribution in [2.75, 3.05) is 0 Å². The minimum Gasteiger partial charge on any atom is -0.386 e. The molecule has 1 unspecified atom stereocenters. The lowest BCUT2D eigenvalue weighted by Gasteiger charge is -2.32. The van der Waals surface area contributed by atoms with Crippen LogP contribution in [0.1, 0.15) is 31.1 Å². The van der Waals surface area contributed by atoms with Gasteiger partial charge in [-0.05, 0) is 37.1 Å². The molecule has 116 valence electrons. The predicted molar refractivity (Wildman–Crippen MR) is 88.8 cm³/mol. The molecule has 0 aliphatic rings. The smallest absolute Gasteiger partial charge is 0.224 e. The number of rotatable bonds is 5. The van der Waals surface area contributed by atoms with Crippen molar-refractivity contribution in [3.05, 3.63) is 70.7 Å². The maximum absolute atomic E-state index is 12.2. The molecule has 0 bridgehead atoms. The van der Waals surface area contributed by atoms with Crippen LogP contribution in [0.3, 0.4) is 0 Å². The number of benzene rings is 2. The van der Waals surface area contributed by atoms with Crippen LogP contribution in [0.4, 0.5) is 0 Å². The monoisotopic (exact) mass is 317 g/mol. The summed E-state index contributed by atoms with van der Waals surface area (Å²) < 4.78 is 0. The summed E-state index contributed by atoms with van der Waals surface area (Å²) in [4.78, 5) is 12.2. The summed E-state index contributed by atoms with van der Waals surface area (Å²) in [6, 6.07) is 16.5. The van der Waals surface area contributed by atoms with Gasteiger partial charge >= 0.3 is 0 Å². The number of amides is 1.